The normalized spacial score (nSPS) is 15.1. The molecule has 9 nitrogen and oxygen atoms in total. The predicted molar refractivity (Wildman–Crippen MR) is 105 cm³/mol. The third-order valence-electron chi connectivity index (χ3n) is 4.64. The number of likely N-dealkylation sites (tertiary alicyclic amines) is 1. The van der Waals surface area contributed by atoms with Crippen LogP contribution in [0.5, 0.6) is 0 Å². The lowest BCUT2D eigenvalue weighted by molar-refractivity contribution is -0.384. The number of hydrogen-bond donors (Lipinski definition) is 1. The van der Waals surface area contributed by atoms with Gasteiger partial charge in [-0.3, -0.25) is 10.1 Å². The molecule has 1 aliphatic rings. The Hall–Kier alpha value is -2.98. The van der Waals surface area contributed by atoms with Crippen molar-refractivity contribution in [2.45, 2.75) is 30.4 Å². The van der Waals surface area contributed by atoms with E-state index in [2.05, 4.69) is 4.72 Å². The van der Waals surface area contributed by atoms with E-state index in [1.165, 1.54) is 12.1 Å². The number of piperidine rings is 1. The highest BCUT2D eigenvalue weighted by atomic mass is 32.2. The number of ether oxygens (including phenoxy) is 1. The van der Waals surface area contributed by atoms with Crippen molar-refractivity contribution >= 4 is 21.8 Å². The molecule has 0 unspecified atom stereocenters. The molecule has 0 aromatic heterocycles. The maximum Gasteiger partial charge on any atom is 0.410 e. The smallest absolute Gasteiger partial charge is 0.410 e. The lowest BCUT2D eigenvalue weighted by atomic mass is 10.1. The van der Waals surface area contributed by atoms with Gasteiger partial charge < -0.3 is 9.64 Å². The van der Waals surface area contributed by atoms with E-state index >= 15 is 0 Å². The van der Waals surface area contributed by atoms with Crippen LogP contribution in [0.15, 0.2) is 59.5 Å². The van der Waals surface area contributed by atoms with Crippen molar-refractivity contribution < 1.29 is 22.9 Å². The van der Waals surface area contributed by atoms with Crippen LogP contribution in [0.3, 0.4) is 0 Å². The van der Waals surface area contributed by atoms with Gasteiger partial charge in [-0.2, -0.15) is 0 Å². The summed E-state index contributed by atoms with van der Waals surface area (Å²) in [6, 6.07) is 13.7. The summed E-state index contributed by atoms with van der Waals surface area (Å²) in [5.41, 5.74) is 0.720. The van der Waals surface area contributed by atoms with Crippen LogP contribution in [0.1, 0.15) is 18.4 Å². The highest BCUT2D eigenvalue weighted by Gasteiger charge is 2.27. The van der Waals surface area contributed by atoms with Crippen LogP contribution in [-0.4, -0.2) is 43.5 Å². The minimum atomic E-state index is -3.79. The molecule has 1 heterocycles. The van der Waals surface area contributed by atoms with Gasteiger partial charge >= 0.3 is 6.09 Å². The van der Waals surface area contributed by atoms with E-state index in [0.29, 0.717) is 25.9 Å². The molecule has 0 saturated carbocycles. The van der Waals surface area contributed by atoms with Crippen LogP contribution in [0.25, 0.3) is 0 Å². The summed E-state index contributed by atoms with van der Waals surface area (Å²) in [5, 5.41) is 10.7. The first-order valence-electron chi connectivity index (χ1n) is 9.07. The number of carbonyl (C=O) groups is 1. The molecule has 29 heavy (non-hydrogen) atoms. The van der Waals surface area contributed by atoms with Gasteiger partial charge in [-0.05, 0) is 30.5 Å². The molecule has 0 aliphatic carbocycles. The number of nitrogens with zero attached hydrogens (tertiary/aromatic N) is 2. The van der Waals surface area contributed by atoms with Crippen LogP contribution in [0.4, 0.5) is 10.5 Å². The Morgan fingerprint density at radius 3 is 2.31 bits per heavy atom. The van der Waals surface area contributed by atoms with Crippen LogP contribution in [0, 0.1) is 10.1 Å². The van der Waals surface area contributed by atoms with E-state index in [0.717, 1.165) is 17.7 Å². The number of benzene rings is 2. The first-order chi connectivity index (χ1) is 13.8. The molecule has 0 radical (unpaired) electrons. The maximum absolute atomic E-state index is 12.5. The monoisotopic (exact) mass is 419 g/mol. The molecule has 10 heteroatoms. The van der Waals surface area contributed by atoms with Gasteiger partial charge in [0, 0.05) is 31.3 Å². The standard InChI is InChI=1S/C19H21N3O6S/c23-19(28-14-15-4-2-1-3-5-15)21-12-10-16(11-13-21)20-29(26,27)18-8-6-17(7-9-18)22(24)25/h1-9,16,20H,10-14H2. The molecule has 1 amide bonds. The average Bonchev–Trinajstić information content (AvgIpc) is 2.73. The van der Waals surface area contributed by atoms with E-state index in [-0.39, 0.29) is 23.2 Å². The first-order valence-corrected chi connectivity index (χ1v) is 10.6. The molecule has 3 rings (SSSR count). The number of rotatable bonds is 6. The molecular formula is C19H21N3O6S. The number of nitro groups is 1. The molecule has 154 valence electrons. The summed E-state index contributed by atoms with van der Waals surface area (Å²) in [5.74, 6) is 0. The van der Waals surface area contributed by atoms with Gasteiger partial charge in [0.05, 0.1) is 9.82 Å². The number of nitro benzene ring substituents is 1. The summed E-state index contributed by atoms with van der Waals surface area (Å²) in [6.07, 6.45) is 0.477. The molecule has 1 saturated heterocycles. The lowest BCUT2D eigenvalue weighted by Gasteiger charge is -2.31. The van der Waals surface area contributed by atoms with Gasteiger partial charge in [0.2, 0.25) is 10.0 Å². The Balaban J connectivity index is 1.49. The zero-order valence-electron chi connectivity index (χ0n) is 15.6. The summed E-state index contributed by atoms with van der Waals surface area (Å²) >= 11 is 0. The highest BCUT2D eigenvalue weighted by Crippen LogP contribution is 2.18. The number of sulfonamides is 1. The Bertz CT molecular complexity index is 955. The first kappa shape index (κ1) is 20.7. The fourth-order valence-electron chi connectivity index (χ4n) is 3.02. The van der Waals surface area contributed by atoms with Crippen LogP contribution in [-0.2, 0) is 21.4 Å². The minimum Gasteiger partial charge on any atom is -0.445 e. The van der Waals surface area contributed by atoms with E-state index in [4.69, 9.17) is 4.74 Å². The van der Waals surface area contributed by atoms with Crippen molar-refractivity contribution in [2.75, 3.05) is 13.1 Å². The number of non-ortho nitro benzene ring substituents is 1. The number of carbonyl (C=O) groups excluding carboxylic acids is 1. The molecule has 2 aromatic carbocycles. The van der Waals surface area contributed by atoms with Crippen LogP contribution < -0.4 is 4.72 Å². The van der Waals surface area contributed by atoms with E-state index in [9.17, 15) is 23.3 Å². The van der Waals surface area contributed by atoms with Crippen molar-refractivity contribution in [3.05, 3.63) is 70.3 Å². The topological polar surface area (TPSA) is 119 Å². The number of nitrogens with one attached hydrogen (secondary N) is 1. The molecular weight excluding hydrogens is 398 g/mol. The summed E-state index contributed by atoms with van der Waals surface area (Å²) < 4.78 is 32.8. The SMILES string of the molecule is O=C(OCc1ccccc1)N1CCC(NS(=O)(=O)c2ccc([N+](=O)[O-])cc2)CC1. The van der Waals surface area contributed by atoms with Crippen molar-refractivity contribution in [1.82, 2.24) is 9.62 Å². The minimum absolute atomic E-state index is 0.0344. The number of amides is 1. The number of hydrogen-bond acceptors (Lipinski definition) is 6. The third kappa shape index (κ3) is 5.52. The highest BCUT2D eigenvalue weighted by molar-refractivity contribution is 7.89. The second-order valence-electron chi connectivity index (χ2n) is 6.67. The van der Waals surface area contributed by atoms with Gasteiger partial charge in [0.1, 0.15) is 6.61 Å². The molecule has 0 atom stereocenters. The van der Waals surface area contributed by atoms with Crippen molar-refractivity contribution in [1.29, 1.82) is 0 Å². The third-order valence-corrected chi connectivity index (χ3v) is 6.17. The Morgan fingerprint density at radius 1 is 1.10 bits per heavy atom. The Labute approximate surface area is 168 Å². The van der Waals surface area contributed by atoms with Gasteiger partial charge in [0.25, 0.3) is 5.69 Å². The van der Waals surface area contributed by atoms with Gasteiger partial charge in [-0.15, -0.1) is 0 Å². The van der Waals surface area contributed by atoms with E-state index in [1.807, 2.05) is 30.3 Å². The van der Waals surface area contributed by atoms with Crippen molar-refractivity contribution in [3.63, 3.8) is 0 Å². The second kappa shape index (κ2) is 9.01. The summed E-state index contributed by atoms with van der Waals surface area (Å²) in [6.45, 7) is 0.939. The van der Waals surface area contributed by atoms with Crippen LogP contribution in [0.2, 0.25) is 0 Å². The molecule has 1 N–H and O–H groups in total. The zero-order chi connectivity index (χ0) is 20.9. The van der Waals surface area contributed by atoms with Gasteiger partial charge in [-0.1, -0.05) is 30.3 Å². The van der Waals surface area contributed by atoms with Crippen molar-refractivity contribution in [2.24, 2.45) is 0 Å². The van der Waals surface area contributed by atoms with Gasteiger partial charge in [-0.25, -0.2) is 17.9 Å². The molecule has 0 bridgehead atoms. The quantitative estimate of drug-likeness (QED) is 0.568. The van der Waals surface area contributed by atoms with Crippen molar-refractivity contribution in [3.8, 4) is 0 Å². The van der Waals surface area contributed by atoms with E-state index in [1.54, 1.807) is 4.90 Å². The molecule has 1 aliphatic heterocycles. The Morgan fingerprint density at radius 2 is 1.72 bits per heavy atom. The van der Waals surface area contributed by atoms with Gasteiger partial charge in [0.15, 0.2) is 0 Å². The molecule has 1 fully saturated rings. The lowest BCUT2D eigenvalue weighted by Crippen LogP contribution is -2.46. The maximum atomic E-state index is 12.5. The largest absolute Gasteiger partial charge is 0.445 e. The molecule has 0 spiro atoms. The fourth-order valence-corrected chi connectivity index (χ4v) is 4.33. The predicted octanol–water partition coefficient (Wildman–Crippen LogP) is 2.67. The zero-order valence-corrected chi connectivity index (χ0v) is 16.4. The average molecular weight is 419 g/mol. The summed E-state index contributed by atoms with van der Waals surface area (Å²) in [4.78, 5) is 23.8. The van der Waals surface area contributed by atoms with E-state index < -0.39 is 21.0 Å². The Kier molecular flexibility index (Phi) is 6.45. The summed E-state index contributed by atoms with van der Waals surface area (Å²) in [7, 11) is -3.79. The second-order valence-corrected chi connectivity index (χ2v) is 8.39. The molecule has 2 aromatic rings. The fraction of sp³-hybridized carbons (Fsp3) is 0.316. The van der Waals surface area contributed by atoms with Crippen LogP contribution >= 0.6 is 0 Å².